The van der Waals surface area contributed by atoms with Crippen LogP contribution in [0.3, 0.4) is 0 Å². The van der Waals surface area contributed by atoms with Crippen LogP contribution in [-0.2, 0) is 0 Å². The van der Waals surface area contributed by atoms with Gasteiger partial charge in [0.1, 0.15) is 0 Å². The molecule has 9 aromatic rings. The molecule has 266 valence electrons. The number of carbonyl (C=O) groups excluding carboxylic acids is 2. The average Bonchev–Trinajstić information content (AvgIpc) is 3.72. The number of rotatable bonds is 6. The van der Waals surface area contributed by atoms with Gasteiger partial charge in [0.15, 0.2) is 0 Å². The Kier molecular flexibility index (Phi) is 7.78. The normalized spacial score (nSPS) is 12.5. The molecule has 0 saturated carbocycles. The molecule has 0 N–H and O–H groups in total. The van der Waals surface area contributed by atoms with E-state index in [9.17, 15) is 4.79 Å². The van der Waals surface area contributed by atoms with Crippen LogP contribution < -0.4 is 4.90 Å². The molecule has 0 saturated heterocycles. The molecule has 0 atom stereocenters. The summed E-state index contributed by atoms with van der Waals surface area (Å²) in [6.45, 7) is 4.13. The van der Waals surface area contributed by atoms with Crippen LogP contribution in [0.25, 0.3) is 72.0 Å². The van der Waals surface area contributed by atoms with Crippen molar-refractivity contribution in [2.45, 2.75) is 13.8 Å². The van der Waals surface area contributed by atoms with Gasteiger partial charge in [-0.3, -0.25) is 19.6 Å². The van der Waals surface area contributed by atoms with Gasteiger partial charge in [0.25, 0.3) is 11.8 Å². The number of hydrogen-bond donors (Lipinski definition) is 0. The van der Waals surface area contributed by atoms with Crippen LogP contribution >= 0.6 is 0 Å². The molecular formula is C50H34N4O2. The van der Waals surface area contributed by atoms with Crippen molar-refractivity contribution in [2.75, 3.05) is 4.90 Å². The van der Waals surface area contributed by atoms with Gasteiger partial charge in [-0.05, 0) is 101 Å². The second-order valence-electron chi connectivity index (χ2n) is 14.3. The molecule has 10 rings (SSSR count). The van der Waals surface area contributed by atoms with Gasteiger partial charge in [0.05, 0.1) is 33.5 Å². The van der Waals surface area contributed by atoms with E-state index in [4.69, 9.17) is 0 Å². The molecule has 1 aliphatic rings. The zero-order valence-electron chi connectivity index (χ0n) is 30.8. The summed E-state index contributed by atoms with van der Waals surface area (Å²) in [5.41, 5.74) is 13.8. The smallest absolute Gasteiger partial charge is 0.268 e. The van der Waals surface area contributed by atoms with Crippen LogP contribution in [0.4, 0.5) is 5.69 Å². The lowest BCUT2D eigenvalue weighted by Crippen LogP contribution is -2.29. The highest BCUT2D eigenvalue weighted by atomic mass is 16.2. The largest absolute Gasteiger partial charge is 0.307 e. The highest BCUT2D eigenvalue weighted by molar-refractivity contribution is 6.36. The van der Waals surface area contributed by atoms with E-state index >= 15 is 4.79 Å². The molecule has 4 heterocycles. The number of fused-ring (bicyclic) bond motifs is 4. The Morgan fingerprint density at radius 2 is 0.946 bits per heavy atom. The molecule has 6 heteroatoms. The van der Waals surface area contributed by atoms with E-state index in [1.54, 1.807) is 6.07 Å². The predicted molar refractivity (Wildman–Crippen MR) is 225 cm³/mol. The predicted octanol–water partition coefficient (Wildman–Crippen LogP) is 11.7. The van der Waals surface area contributed by atoms with Crippen molar-refractivity contribution in [2.24, 2.45) is 0 Å². The van der Waals surface area contributed by atoms with Crippen molar-refractivity contribution in [3.63, 3.8) is 0 Å². The third-order valence-corrected chi connectivity index (χ3v) is 11.0. The van der Waals surface area contributed by atoms with Crippen molar-refractivity contribution in [3.05, 3.63) is 193 Å². The fraction of sp³-hybridized carbons (Fsp3) is 0.0400. The first-order valence-electron chi connectivity index (χ1n) is 18.6. The van der Waals surface area contributed by atoms with Gasteiger partial charge in [0, 0.05) is 46.7 Å². The van der Waals surface area contributed by atoms with Crippen LogP contribution in [-0.4, -0.2) is 26.3 Å². The first-order valence-corrected chi connectivity index (χ1v) is 18.6. The maximum absolute atomic E-state index is 15.2. The zero-order valence-corrected chi connectivity index (χ0v) is 30.8. The molecule has 0 aliphatic carbocycles. The number of imide groups is 1. The lowest BCUT2D eigenvalue weighted by molar-refractivity contribution is 0.0926. The van der Waals surface area contributed by atoms with E-state index < -0.39 is 0 Å². The Balaban J connectivity index is 1.25. The number of nitrogens with zero attached hydrogens (tertiary/aromatic N) is 4. The molecule has 0 bridgehead atoms. The number of anilines is 1. The van der Waals surface area contributed by atoms with Crippen LogP contribution in [0.2, 0.25) is 0 Å². The van der Waals surface area contributed by atoms with E-state index in [1.165, 1.54) is 4.90 Å². The monoisotopic (exact) mass is 722 g/mol. The standard InChI is InChI=1S/C50H34N4O2/c1-31-29-51-24-22-38(31)40-16-9-18-42-43-19-10-17-41(39-23-25-52-30-32(39)2)48(43)54(47(40)42)45-21-11-20-44-46(45)50(56)53(49(44)55)37-27-35(33-12-5-3-6-13-33)26-36(28-37)34-14-7-4-8-15-34/h3-30H,1-2H3. The highest BCUT2D eigenvalue weighted by Crippen LogP contribution is 2.45. The summed E-state index contributed by atoms with van der Waals surface area (Å²) in [5.74, 6) is -0.720. The van der Waals surface area contributed by atoms with Gasteiger partial charge >= 0.3 is 0 Å². The third kappa shape index (κ3) is 5.18. The second-order valence-corrected chi connectivity index (χ2v) is 14.3. The minimum atomic E-state index is -0.366. The Hall–Kier alpha value is -7.44. The fourth-order valence-electron chi connectivity index (χ4n) is 8.37. The molecule has 0 unspecified atom stereocenters. The van der Waals surface area contributed by atoms with E-state index in [0.29, 0.717) is 22.5 Å². The average molecular weight is 723 g/mol. The van der Waals surface area contributed by atoms with Crippen LogP contribution in [0.1, 0.15) is 31.8 Å². The Morgan fingerprint density at radius 3 is 1.46 bits per heavy atom. The summed E-state index contributed by atoms with van der Waals surface area (Å²) in [6, 6.07) is 48.5. The Labute approximate surface area is 324 Å². The maximum Gasteiger partial charge on any atom is 0.268 e. The van der Waals surface area contributed by atoms with Gasteiger partial charge in [0.2, 0.25) is 0 Å². The number of aryl methyl sites for hydroxylation is 2. The zero-order chi connectivity index (χ0) is 37.9. The minimum Gasteiger partial charge on any atom is -0.307 e. The third-order valence-electron chi connectivity index (χ3n) is 11.0. The fourth-order valence-corrected chi connectivity index (χ4v) is 8.37. The Morgan fingerprint density at radius 1 is 0.446 bits per heavy atom. The van der Waals surface area contributed by atoms with Crippen molar-refractivity contribution >= 4 is 39.3 Å². The van der Waals surface area contributed by atoms with Gasteiger partial charge in [-0.1, -0.05) is 103 Å². The topological polar surface area (TPSA) is 68.1 Å². The minimum absolute atomic E-state index is 0.354. The lowest BCUT2D eigenvalue weighted by Gasteiger charge is -2.19. The van der Waals surface area contributed by atoms with Gasteiger partial charge < -0.3 is 4.57 Å². The van der Waals surface area contributed by atoms with Crippen molar-refractivity contribution in [1.29, 1.82) is 0 Å². The summed E-state index contributed by atoms with van der Waals surface area (Å²) < 4.78 is 2.21. The van der Waals surface area contributed by atoms with Crippen molar-refractivity contribution in [1.82, 2.24) is 14.5 Å². The summed E-state index contributed by atoms with van der Waals surface area (Å²) in [5, 5.41) is 2.08. The Bertz CT molecular complexity index is 2880. The molecule has 0 fully saturated rings. The SMILES string of the molecule is Cc1cnccc1-c1cccc2c3cccc(-c4ccncc4C)c3n(-c3cccc4c3C(=O)N(c3cc(-c5ccccc5)cc(-c5ccccc5)c3)C4=O)c12. The summed E-state index contributed by atoms with van der Waals surface area (Å²) in [7, 11) is 0. The van der Waals surface area contributed by atoms with Gasteiger partial charge in [-0.25, -0.2) is 4.90 Å². The van der Waals surface area contributed by atoms with Crippen LogP contribution in [0, 0.1) is 13.8 Å². The maximum atomic E-state index is 15.2. The lowest BCUT2D eigenvalue weighted by atomic mass is 9.97. The quantitative estimate of drug-likeness (QED) is 0.160. The van der Waals surface area contributed by atoms with E-state index in [1.807, 2.05) is 122 Å². The number of aromatic nitrogens is 3. The number of pyridine rings is 2. The molecule has 3 aromatic heterocycles. The van der Waals surface area contributed by atoms with E-state index in [0.717, 1.165) is 77.4 Å². The summed E-state index contributed by atoms with van der Waals surface area (Å²) in [4.78, 5) is 40.0. The summed E-state index contributed by atoms with van der Waals surface area (Å²) in [6.07, 6.45) is 7.38. The molecule has 56 heavy (non-hydrogen) atoms. The number of carbonyl (C=O) groups is 2. The van der Waals surface area contributed by atoms with Gasteiger partial charge in [-0.2, -0.15) is 0 Å². The number of benzene rings is 6. The second kappa shape index (κ2) is 13.1. The molecule has 0 spiro atoms. The number of hydrogen-bond acceptors (Lipinski definition) is 4. The van der Waals surface area contributed by atoms with Gasteiger partial charge in [-0.15, -0.1) is 0 Å². The molecule has 2 amide bonds. The molecule has 0 radical (unpaired) electrons. The number of amides is 2. The van der Waals surface area contributed by atoms with E-state index in [-0.39, 0.29) is 11.8 Å². The van der Waals surface area contributed by atoms with Crippen LogP contribution in [0.5, 0.6) is 0 Å². The molecular weight excluding hydrogens is 689 g/mol. The van der Waals surface area contributed by atoms with Crippen molar-refractivity contribution in [3.8, 4) is 50.2 Å². The molecule has 6 aromatic carbocycles. The molecule has 6 nitrogen and oxygen atoms in total. The van der Waals surface area contributed by atoms with E-state index in [2.05, 4.69) is 70.8 Å². The van der Waals surface area contributed by atoms with Crippen molar-refractivity contribution < 1.29 is 9.59 Å². The first kappa shape index (κ1) is 33.2. The molecule has 1 aliphatic heterocycles. The summed E-state index contributed by atoms with van der Waals surface area (Å²) >= 11 is 0. The first-order chi connectivity index (χ1) is 27.5. The highest BCUT2D eigenvalue weighted by Gasteiger charge is 2.40. The number of para-hydroxylation sites is 2. The van der Waals surface area contributed by atoms with Crippen LogP contribution in [0.15, 0.2) is 170 Å².